The third-order valence-corrected chi connectivity index (χ3v) is 4.70. The van der Waals surface area contributed by atoms with E-state index >= 15 is 0 Å². The van der Waals surface area contributed by atoms with Gasteiger partial charge in [0.1, 0.15) is 0 Å². The highest BCUT2D eigenvalue weighted by Crippen LogP contribution is 2.47. The van der Waals surface area contributed by atoms with E-state index < -0.39 is 10.9 Å². The minimum atomic E-state index is -1.17. The first-order valence-electron chi connectivity index (χ1n) is 5.78. The molecular formula is C12H14N2O4S. The average Bonchev–Trinajstić information content (AvgIpc) is 3.16. The van der Waals surface area contributed by atoms with Gasteiger partial charge >= 0.3 is 5.97 Å². The van der Waals surface area contributed by atoms with Gasteiger partial charge in [0.15, 0.2) is 0 Å². The molecular weight excluding hydrogens is 268 g/mol. The molecule has 1 fully saturated rings. The Bertz CT molecular complexity index is 528. The van der Waals surface area contributed by atoms with Crippen molar-refractivity contribution in [3.05, 3.63) is 33.9 Å². The summed E-state index contributed by atoms with van der Waals surface area (Å²) in [6, 6.07) is 3.86. The second-order valence-corrected chi connectivity index (χ2v) is 5.81. The number of aromatic carboxylic acids is 1. The fraction of sp³-hybridized carbons (Fsp3) is 0.417. The number of anilines is 1. The quantitative estimate of drug-likeness (QED) is 0.615. The number of non-ortho nitro benzene ring substituents is 1. The maximum absolute atomic E-state index is 11.1. The Morgan fingerprint density at radius 3 is 2.74 bits per heavy atom. The molecule has 1 aliphatic carbocycles. The number of nitro benzene ring substituents is 1. The molecule has 7 heteroatoms. The molecule has 0 aliphatic heterocycles. The Hall–Kier alpha value is -1.76. The van der Waals surface area contributed by atoms with Gasteiger partial charge in [0, 0.05) is 29.1 Å². The average molecular weight is 282 g/mol. The molecule has 0 aromatic heterocycles. The van der Waals surface area contributed by atoms with Crippen molar-refractivity contribution < 1.29 is 14.8 Å². The molecule has 1 saturated carbocycles. The summed E-state index contributed by atoms with van der Waals surface area (Å²) in [5, 5.41) is 22.8. The summed E-state index contributed by atoms with van der Waals surface area (Å²) in [6.07, 6.45) is 4.25. The molecule has 0 heterocycles. The molecule has 0 atom stereocenters. The van der Waals surface area contributed by atoms with Crippen LogP contribution in [-0.2, 0) is 0 Å². The molecule has 2 N–H and O–H groups in total. The van der Waals surface area contributed by atoms with Crippen LogP contribution in [0.1, 0.15) is 23.2 Å². The van der Waals surface area contributed by atoms with E-state index in [0.717, 1.165) is 18.9 Å². The number of carboxylic acids is 1. The van der Waals surface area contributed by atoms with E-state index in [1.165, 1.54) is 12.1 Å². The molecule has 2 rings (SSSR count). The number of nitro groups is 1. The second-order valence-electron chi connectivity index (χ2n) is 4.53. The van der Waals surface area contributed by atoms with Crippen molar-refractivity contribution in [3.63, 3.8) is 0 Å². The highest BCUT2D eigenvalue weighted by Gasteiger charge is 2.41. The van der Waals surface area contributed by atoms with Crippen molar-refractivity contribution in [2.75, 3.05) is 18.1 Å². The molecule has 19 heavy (non-hydrogen) atoms. The molecule has 0 amide bonds. The van der Waals surface area contributed by atoms with E-state index in [9.17, 15) is 14.9 Å². The summed E-state index contributed by atoms with van der Waals surface area (Å²) in [6.45, 7) is 0.673. The van der Waals surface area contributed by atoms with Crippen molar-refractivity contribution in [3.8, 4) is 0 Å². The summed E-state index contributed by atoms with van der Waals surface area (Å²) in [5.41, 5.74) is 0.151. The van der Waals surface area contributed by atoms with Crippen molar-refractivity contribution in [1.29, 1.82) is 0 Å². The van der Waals surface area contributed by atoms with Crippen LogP contribution in [0.25, 0.3) is 0 Å². The number of rotatable bonds is 6. The van der Waals surface area contributed by atoms with E-state index in [1.54, 1.807) is 11.8 Å². The van der Waals surface area contributed by atoms with Gasteiger partial charge in [-0.25, -0.2) is 4.79 Å². The fourth-order valence-electron chi connectivity index (χ4n) is 1.83. The van der Waals surface area contributed by atoms with Crippen LogP contribution in [0.3, 0.4) is 0 Å². The van der Waals surface area contributed by atoms with Crippen LogP contribution in [-0.4, -0.2) is 33.5 Å². The first-order valence-corrected chi connectivity index (χ1v) is 7.01. The highest BCUT2D eigenvalue weighted by molar-refractivity contribution is 8.00. The smallest absolute Gasteiger partial charge is 0.338 e. The number of nitrogens with one attached hydrogen (secondary N) is 1. The Morgan fingerprint density at radius 2 is 2.26 bits per heavy atom. The zero-order chi connectivity index (χ0) is 14.0. The Morgan fingerprint density at radius 1 is 1.58 bits per heavy atom. The van der Waals surface area contributed by atoms with E-state index in [0.29, 0.717) is 12.2 Å². The third-order valence-electron chi connectivity index (χ3n) is 3.29. The van der Waals surface area contributed by atoms with Gasteiger partial charge in [0.05, 0.1) is 10.5 Å². The molecule has 6 nitrogen and oxygen atoms in total. The Kier molecular flexibility index (Phi) is 3.66. The maximum atomic E-state index is 11.1. The molecule has 102 valence electrons. The Balaban J connectivity index is 2.19. The zero-order valence-corrected chi connectivity index (χ0v) is 11.2. The highest BCUT2D eigenvalue weighted by atomic mass is 32.2. The standard InChI is InChI=1S/C12H14N2O4S/c1-19-12(4-5-12)7-13-10-3-2-8(14(17)18)6-9(10)11(15)16/h2-3,6,13H,4-5,7H2,1H3,(H,15,16). The number of benzene rings is 1. The molecule has 0 unspecified atom stereocenters. The van der Waals surface area contributed by atoms with Crippen molar-refractivity contribution in [1.82, 2.24) is 0 Å². The number of hydrogen-bond acceptors (Lipinski definition) is 5. The number of hydrogen-bond donors (Lipinski definition) is 2. The van der Waals surface area contributed by atoms with E-state index in [1.807, 2.05) is 6.26 Å². The minimum Gasteiger partial charge on any atom is -0.478 e. The third kappa shape index (κ3) is 2.98. The number of thioether (sulfide) groups is 1. The summed E-state index contributed by atoms with van der Waals surface area (Å²) >= 11 is 1.76. The van der Waals surface area contributed by atoms with Gasteiger partial charge in [0.2, 0.25) is 0 Å². The van der Waals surface area contributed by atoms with Crippen molar-refractivity contribution in [2.45, 2.75) is 17.6 Å². The molecule has 0 radical (unpaired) electrons. The normalized spacial score (nSPS) is 15.8. The van der Waals surface area contributed by atoms with Gasteiger partial charge in [0.25, 0.3) is 5.69 Å². The zero-order valence-electron chi connectivity index (χ0n) is 10.4. The monoisotopic (exact) mass is 282 g/mol. The van der Waals surface area contributed by atoms with E-state index in [-0.39, 0.29) is 16.0 Å². The van der Waals surface area contributed by atoms with E-state index in [2.05, 4.69) is 5.32 Å². The lowest BCUT2D eigenvalue weighted by atomic mass is 10.1. The first-order chi connectivity index (χ1) is 8.97. The molecule has 0 spiro atoms. The summed E-state index contributed by atoms with van der Waals surface area (Å²) in [7, 11) is 0. The van der Waals surface area contributed by atoms with Crippen molar-refractivity contribution in [2.24, 2.45) is 0 Å². The Labute approximate surface area is 114 Å². The fourth-order valence-corrected chi connectivity index (χ4v) is 2.55. The number of carboxylic acid groups (broad SMARTS) is 1. The van der Waals surface area contributed by atoms with Crippen LogP contribution in [0.2, 0.25) is 0 Å². The first kappa shape index (κ1) is 13.7. The van der Waals surface area contributed by atoms with Crippen molar-refractivity contribution >= 4 is 29.1 Å². The SMILES string of the molecule is CSC1(CNc2ccc([N+](=O)[O-])cc2C(=O)O)CC1. The van der Waals surface area contributed by atoms with Crippen LogP contribution in [0.4, 0.5) is 11.4 Å². The van der Waals surface area contributed by atoms with Gasteiger partial charge in [-0.1, -0.05) is 0 Å². The predicted molar refractivity (Wildman–Crippen MR) is 74.0 cm³/mol. The van der Waals surface area contributed by atoms with Gasteiger partial charge in [-0.15, -0.1) is 0 Å². The van der Waals surface area contributed by atoms with Crippen LogP contribution < -0.4 is 5.32 Å². The lowest BCUT2D eigenvalue weighted by Gasteiger charge is -2.15. The summed E-state index contributed by atoms with van der Waals surface area (Å²) in [4.78, 5) is 21.2. The van der Waals surface area contributed by atoms with Gasteiger partial charge in [-0.2, -0.15) is 11.8 Å². The number of nitrogens with zero attached hydrogens (tertiary/aromatic N) is 1. The van der Waals surface area contributed by atoms with Crippen LogP contribution in [0.5, 0.6) is 0 Å². The summed E-state index contributed by atoms with van der Waals surface area (Å²) < 4.78 is 0.192. The summed E-state index contributed by atoms with van der Waals surface area (Å²) in [5.74, 6) is -1.17. The largest absolute Gasteiger partial charge is 0.478 e. The van der Waals surface area contributed by atoms with Gasteiger partial charge < -0.3 is 10.4 Å². The minimum absolute atomic E-state index is 0.0638. The molecule has 0 bridgehead atoms. The molecule has 1 aliphatic rings. The lowest BCUT2D eigenvalue weighted by Crippen LogP contribution is -2.19. The topological polar surface area (TPSA) is 92.5 Å². The molecule has 1 aromatic carbocycles. The van der Waals surface area contributed by atoms with E-state index in [4.69, 9.17) is 5.11 Å². The van der Waals surface area contributed by atoms with Crippen LogP contribution >= 0.6 is 11.8 Å². The van der Waals surface area contributed by atoms with Gasteiger partial charge in [-0.05, 0) is 25.2 Å². The lowest BCUT2D eigenvalue weighted by molar-refractivity contribution is -0.384. The van der Waals surface area contributed by atoms with Crippen LogP contribution in [0, 0.1) is 10.1 Å². The molecule has 1 aromatic rings. The maximum Gasteiger partial charge on any atom is 0.338 e. The predicted octanol–water partition coefficient (Wildman–Crippen LogP) is 2.60. The second kappa shape index (κ2) is 5.08. The van der Waals surface area contributed by atoms with Crippen LogP contribution in [0.15, 0.2) is 18.2 Å². The number of carbonyl (C=O) groups is 1. The van der Waals surface area contributed by atoms with Gasteiger partial charge in [-0.3, -0.25) is 10.1 Å². The molecule has 0 saturated heterocycles.